The van der Waals surface area contributed by atoms with Crippen LogP contribution in [0, 0.1) is 5.92 Å². The number of nitrogens with two attached hydrogens (primary N) is 1. The van der Waals surface area contributed by atoms with Gasteiger partial charge in [-0.2, -0.15) is 13.2 Å². The Labute approximate surface area is 140 Å². The predicted octanol–water partition coefficient (Wildman–Crippen LogP) is 0.786. The minimum Gasteiger partial charge on any atom is -0.370 e. The van der Waals surface area contributed by atoms with Crippen LogP contribution in [0.5, 0.6) is 0 Å². The normalized spacial score (nSPS) is 26.7. The highest BCUT2D eigenvalue weighted by molar-refractivity contribution is 5.80. The van der Waals surface area contributed by atoms with Gasteiger partial charge in [0.2, 0.25) is 5.91 Å². The third-order valence-electron chi connectivity index (χ3n) is 4.53. The number of guanidine groups is 1. The summed E-state index contributed by atoms with van der Waals surface area (Å²) in [5, 5.41) is 3.28. The Kier molecular flexibility index (Phi) is 6.31. The first-order valence-electron chi connectivity index (χ1n) is 8.32. The molecule has 9 heteroatoms. The summed E-state index contributed by atoms with van der Waals surface area (Å²) in [6.45, 7) is 1.44. The molecule has 2 heterocycles. The van der Waals surface area contributed by atoms with Gasteiger partial charge in [0.05, 0.1) is 6.54 Å². The highest BCUT2D eigenvalue weighted by Crippen LogP contribution is 2.21. The quantitative estimate of drug-likeness (QED) is 0.581. The molecule has 0 aliphatic carbocycles. The average Bonchev–Trinajstić information content (AvgIpc) is 2.89. The number of carbonyl (C=O) groups excluding carboxylic acids is 1. The van der Waals surface area contributed by atoms with Crippen LogP contribution in [0.15, 0.2) is 4.99 Å². The zero-order valence-electron chi connectivity index (χ0n) is 14.0. The number of rotatable bonds is 4. The number of alkyl halides is 3. The Morgan fingerprint density at radius 2 is 2.04 bits per heavy atom. The zero-order valence-corrected chi connectivity index (χ0v) is 14.0. The van der Waals surface area contributed by atoms with Crippen molar-refractivity contribution in [2.45, 2.75) is 37.9 Å². The van der Waals surface area contributed by atoms with Crippen molar-refractivity contribution in [1.82, 2.24) is 15.1 Å². The molecule has 0 aromatic heterocycles. The molecule has 0 spiro atoms. The summed E-state index contributed by atoms with van der Waals surface area (Å²) in [6, 6.07) is -0.0393. The number of piperidine rings is 1. The predicted molar refractivity (Wildman–Crippen MR) is 85.5 cm³/mol. The second-order valence-electron chi connectivity index (χ2n) is 6.65. The van der Waals surface area contributed by atoms with Gasteiger partial charge in [0.25, 0.3) is 0 Å². The fourth-order valence-corrected chi connectivity index (χ4v) is 3.54. The molecule has 0 aromatic rings. The first-order valence-corrected chi connectivity index (χ1v) is 8.32. The van der Waals surface area contributed by atoms with Crippen LogP contribution >= 0.6 is 0 Å². The van der Waals surface area contributed by atoms with Gasteiger partial charge in [-0.15, -0.1) is 0 Å². The van der Waals surface area contributed by atoms with E-state index in [1.807, 2.05) is 0 Å². The summed E-state index contributed by atoms with van der Waals surface area (Å²) in [7, 11) is 1.67. The molecule has 0 radical (unpaired) electrons. The molecule has 3 N–H and O–H groups in total. The lowest BCUT2D eigenvalue weighted by molar-refractivity contribution is -0.143. The minimum absolute atomic E-state index is 0.0393. The molecule has 0 bridgehead atoms. The molecule has 2 saturated heterocycles. The minimum atomic E-state index is -4.16. The number of primary amides is 1. The second-order valence-corrected chi connectivity index (χ2v) is 6.65. The van der Waals surface area contributed by atoms with Crippen molar-refractivity contribution in [3.8, 4) is 0 Å². The van der Waals surface area contributed by atoms with E-state index in [1.54, 1.807) is 7.05 Å². The van der Waals surface area contributed by atoms with Crippen LogP contribution in [0.4, 0.5) is 13.2 Å². The van der Waals surface area contributed by atoms with E-state index >= 15 is 0 Å². The molecule has 2 aliphatic heterocycles. The number of likely N-dealkylation sites (tertiary alicyclic amines) is 2. The number of aliphatic imine (C=N–C) groups is 1. The lowest BCUT2D eigenvalue weighted by atomic mass is 9.95. The Morgan fingerprint density at radius 1 is 1.29 bits per heavy atom. The number of carbonyl (C=O) groups is 1. The van der Waals surface area contributed by atoms with Crippen molar-refractivity contribution in [2.75, 3.05) is 39.8 Å². The van der Waals surface area contributed by atoms with Crippen LogP contribution in [-0.4, -0.2) is 73.7 Å². The van der Waals surface area contributed by atoms with E-state index in [1.165, 1.54) is 4.90 Å². The summed E-state index contributed by atoms with van der Waals surface area (Å²) < 4.78 is 37.4. The van der Waals surface area contributed by atoms with Crippen molar-refractivity contribution in [3.05, 3.63) is 0 Å². The fourth-order valence-electron chi connectivity index (χ4n) is 3.54. The zero-order chi connectivity index (χ0) is 17.7. The van der Waals surface area contributed by atoms with Gasteiger partial charge in [0.15, 0.2) is 5.96 Å². The molecule has 138 valence electrons. The van der Waals surface area contributed by atoms with Gasteiger partial charge in [0.1, 0.15) is 0 Å². The molecule has 24 heavy (non-hydrogen) atoms. The molecular weight excluding hydrogens is 323 g/mol. The summed E-state index contributed by atoms with van der Waals surface area (Å²) >= 11 is 0. The van der Waals surface area contributed by atoms with Gasteiger partial charge in [0, 0.05) is 45.7 Å². The highest BCUT2D eigenvalue weighted by atomic mass is 19.4. The third kappa shape index (κ3) is 5.85. The lowest BCUT2D eigenvalue weighted by Crippen LogP contribution is -2.50. The highest BCUT2D eigenvalue weighted by Gasteiger charge is 2.35. The standard InChI is InChI=1S/C15H26F3N5O/c1-20-14(23-5-2-3-11(8-23)7-13(19)24)21-12-4-6-22(9-12)10-15(16,17)18/h11-12H,2-10H2,1H3,(H2,19,24)(H,20,21). The average molecular weight is 349 g/mol. The topological polar surface area (TPSA) is 74.0 Å². The van der Waals surface area contributed by atoms with E-state index in [4.69, 9.17) is 5.73 Å². The fraction of sp³-hybridized carbons (Fsp3) is 0.867. The second kappa shape index (κ2) is 8.04. The van der Waals surface area contributed by atoms with Crippen LogP contribution in [0.3, 0.4) is 0 Å². The largest absolute Gasteiger partial charge is 0.401 e. The van der Waals surface area contributed by atoms with Crippen LogP contribution in [0.1, 0.15) is 25.7 Å². The molecular formula is C15H26F3N5O. The van der Waals surface area contributed by atoms with Crippen LogP contribution in [0.2, 0.25) is 0 Å². The van der Waals surface area contributed by atoms with E-state index in [0.29, 0.717) is 38.4 Å². The molecule has 6 nitrogen and oxygen atoms in total. The van der Waals surface area contributed by atoms with E-state index in [0.717, 1.165) is 19.4 Å². The number of halogens is 3. The van der Waals surface area contributed by atoms with Gasteiger partial charge >= 0.3 is 6.18 Å². The van der Waals surface area contributed by atoms with Crippen molar-refractivity contribution in [3.63, 3.8) is 0 Å². The van der Waals surface area contributed by atoms with Gasteiger partial charge in [-0.25, -0.2) is 0 Å². The lowest BCUT2D eigenvalue weighted by Gasteiger charge is -2.35. The number of hydrogen-bond acceptors (Lipinski definition) is 3. The number of amides is 1. The van der Waals surface area contributed by atoms with E-state index in [-0.39, 0.29) is 17.9 Å². The van der Waals surface area contributed by atoms with Crippen LogP contribution in [-0.2, 0) is 4.79 Å². The Hall–Kier alpha value is -1.51. The van der Waals surface area contributed by atoms with E-state index in [2.05, 4.69) is 15.2 Å². The van der Waals surface area contributed by atoms with Gasteiger partial charge in [-0.3, -0.25) is 14.7 Å². The number of hydrogen-bond donors (Lipinski definition) is 2. The van der Waals surface area contributed by atoms with Crippen molar-refractivity contribution in [1.29, 1.82) is 0 Å². The summed E-state index contributed by atoms with van der Waals surface area (Å²) in [5.74, 6) is 0.603. The van der Waals surface area contributed by atoms with Crippen LogP contribution in [0.25, 0.3) is 0 Å². The van der Waals surface area contributed by atoms with Gasteiger partial charge in [-0.05, 0) is 25.2 Å². The van der Waals surface area contributed by atoms with Gasteiger partial charge < -0.3 is 16.0 Å². The molecule has 0 saturated carbocycles. The maximum atomic E-state index is 12.5. The molecule has 1 amide bonds. The molecule has 2 fully saturated rings. The molecule has 2 atom stereocenters. The molecule has 0 aromatic carbocycles. The molecule has 2 unspecified atom stereocenters. The first kappa shape index (κ1) is 18.8. The van der Waals surface area contributed by atoms with E-state index in [9.17, 15) is 18.0 Å². The summed E-state index contributed by atoms with van der Waals surface area (Å²) in [6.07, 6.45) is -1.24. The SMILES string of the molecule is CN=C(NC1CCN(CC(F)(F)F)C1)N1CCCC(CC(N)=O)C1. The monoisotopic (exact) mass is 349 g/mol. The van der Waals surface area contributed by atoms with Crippen LogP contribution < -0.4 is 11.1 Å². The van der Waals surface area contributed by atoms with Crippen molar-refractivity contribution in [2.24, 2.45) is 16.6 Å². The van der Waals surface area contributed by atoms with Crippen molar-refractivity contribution >= 4 is 11.9 Å². The van der Waals surface area contributed by atoms with Gasteiger partial charge in [-0.1, -0.05) is 0 Å². The third-order valence-corrected chi connectivity index (χ3v) is 4.53. The smallest absolute Gasteiger partial charge is 0.370 e. The summed E-state index contributed by atoms with van der Waals surface area (Å²) in [4.78, 5) is 18.9. The Morgan fingerprint density at radius 3 is 2.67 bits per heavy atom. The van der Waals surface area contributed by atoms with E-state index < -0.39 is 12.7 Å². The maximum absolute atomic E-state index is 12.5. The maximum Gasteiger partial charge on any atom is 0.401 e. The Bertz CT molecular complexity index is 469. The summed E-state index contributed by atoms with van der Waals surface area (Å²) in [5.41, 5.74) is 5.27. The number of nitrogens with zero attached hydrogens (tertiary/aromatic N) is 3. The van der Waals surface area contributed by atoms with Crippen molar-refractivity contribution < 1.29 is 18.0 Å². The first-order chi connectivity index (χ1) is 11.3. The number of nitrogens with one attached hydrogen (secondary N) is 1. The molecule has 2 rings (SSSR count). The molecule has 2 aliphatic rings. The Balaban J connectivity index is 1.85.